The minimum atomic E-state index is -1.82. The first-order valence-electron chi connectivity index (χ1n) is 15.4. The van der Waals surface area contributed by atoms with Gasteiger partial charge in [0.2, 0.25) is 0 Å². The maximum Gasteiger partial charge on any atom is 0.309 e. The average Bonchev–Trinajstić information content (AvgIpc) is 2.97. The highest BCUT2D eigenvalue weighted by atomic mass is 16.7. The molecule has 5 rings (SSSR count). The first-order valence-corrected chi connectivity index (χ1v) is 15.4. The molecule has 2 saturated heterocycles. The van der Waals surface area contributed by atoms with Gasteiger partial charge in [-0.15, -0.1) is 0 Å². The zero-order valence-electron chi connectivity index (χ0n) is 24.1. The Kier molecular flexibility index (Phi) is 10.9. The molecule has 2 heterocycles. The zero-order valence-corrected chi connectivity index (χ0v) is 24.1. The molecule has 17 atom stereocenters. The number of aliphatic hydroxyl groups excluding tert-OH is 11. The van der Waals surface area contributed by atoms with Crippen molar-refractivity contribution in [3.63, 3.8) is 0 Å². The molecule has 0 radical (unpaired) electrons. The molecule has 2 aliphatic heterocycles. The van der Waals surface area contributed by atoms with Crippen molar-refractivity contribution in [3.05, 3.63) is 0 Å². The van der Waals surface area contributed by atoms with Gasteiger partial charge >= 0.3 is 5.97 Å². The van der Waals surface area contributed by atoms with Crippen LogP contribution in [0, 0.1) is 17.8 Å². The van der Waals surface area contributed by atoms with E-state index in [1.807, 2.05) is 0 Å². The largest absolute Gasteiger partial charge is 0.454 e. The highest BCUT2D eigenvalue weighted by Crippen LogP contribution is 2.41. The van der Waals surface area contributed by atoms with Gasteiger partial charge in [-0.25, -0.2) is 0 Å². The van der Waals surface area contributed by atoms with Crippen molar-refractivity contribution in [2.45, 2.75) is 143 Å². The number of hydrogen-bond donors (Lipinski definition) is 11. The van der Waals surface area contributed by atoms with Crippen molar-refractivity contribution in [3.8, 4) is 0 Å². The average molecular weight is 640 g/mol. The van der Waals surface area contributed by atoms with E-state index in [-0.39, 0.29) is 44.4 Å². The third-order valence-corrected chi connectivity index (χ3v) is 10.2. The molecule has 5 fully saturated rings. The summed E-state index contributed by atoms with van der Waals surface area (Å²) in [7, 11) is 0. The minimum Gasteiger partial charge on any atom is -0.454 e. The molecule has 16 nitrogen and oxygen atoms in total. The number of carbonyl (C=O) groups is 1. The summed E-state index contributed by atoms with van der Waals surface area (Å²) in [5, 5.41) is 114. The molecular weight excluding hydrogens is 592 g/mol. The summed E-state index contributed by atoms with van der Waals surface area (Å²) in [6.07, 6.45) is -19.8. The second-order valence-corrected chi connectivity index (χ2v) is 13.2. The summed E-state index contributed by atoms with van der Waals surface area (Å²) in [6, 6.07) is 0. The Balaban J connectivity index is 1.30. The molecule has 0 amide bonds. The van der Waals surface area contributed by atoms with Crippen LogP contribution < -0.4 is 0 Å². The number of carbonyl (C=O) groups excluding carboxylic acids is 1. The van der Waals surface area contributed by atoms with E-state index < -0.39 is 122 Å². The lowest BCUT2D eigenvalue weighted by Crippen LogP contribution is -2.63. The van der Waals surface area contributed by atoms with Crippen LogP contribution in [0.1, 0.15) is 44.9 Å². The summed E-state index contributed by atoms with van der Waals surface area (Å²) in [5.41, 5.74) is 0. The molecule has 3 saturated carbocycles. The number of rotatable bonds is 6. The molecule has 0 spiro atoms. The van der Waals surface area contributed by atoms with E-state index in [2.05, 4.69) is 0 Å². The second-order valence-electron chi connectivity index (χ2n) is 13.2. The summed E-state index contributed by atoms with van der Waals surface area (Å²) in [5.74, 6) is -2.90. The van der Waals surface area contributed by atoms with Crippen molar-refractivity contribution in [1.82, 2.24) is 0 Å². The molecule has 44 heavy (non-hydrogen) atoms. The smallest absolute Gasteiger partial charge is 0.309 e. The van der Waals surface area contributed by atoms with Crippen LogP contribution >= 0.6 is 0 Å². The van der Waals surface area contributed by atoms with Gasteiger partial charge in [-0.05, 0) is 32.1 Å². The SMILES string of the molecule is O=C(O[C@@H]1[C@@H](OC2CC(C3[OH+]C4CC(O)CC(O)C4CC3O)CC(O)C2O)O[C@@H](CO)[C@H](O)[C@H]1O)C1CC(O)C(O)C(O)C1. The van der Waals surface area contributed by atoms with Gasteiger partial charge in [0.05, 0.1) is 55.1 Å². The topological polar surface area (TPSA) is 280 Å². The maximum atomic E-state index is 13.0. The third kappa shape index (κ3) is 6.94. The predicted octanol–water partition coefficient (Wildman–Crippen LogP) is -5.49. The van der Waals surface area contributed by atoms with E-state index in [0.29, 0.717) is 6.42 Å². The first kappa shape index (κ1) is 34.3. The standard InChI is InChI=1S/C28H46O16/c29-8-20-23(38)24(39)26(44-27(40)10-2-14(32)21(36)15(33)3-10)28(43-20)42-19-4-9(1-16(34)22(19)37)25-17(35)7-12-13(31)5-11(30)6-18(12)41-25/h9-26,28-39H,1-8H2/p+1/t9?,10?,11?,12?,13?,14?,15?,16?,17?,18?,19?,20-,21?,22?,23-,24+,25?,26-,28-/m0/s1. The van der Waals surface area contributed by atoms with Gasteiger partial charge in [0.15, 0.2) is 24.6 Å². The van der Waals surface area contributed by atoms with E-state index >= 15 is 0 Å². The van der Waals surface area contributed by atoms with Crippen LogP contribution in [0.2, 0.25) is 0 Å². The quantitative estimate of drug-likeness (QED) is 0.0955. The van der Waals surface area contributed by atoms with E-state index in [0.717, 1.165) is 0 Å². The molecule has 0 aromatic rings. The monoisotopic (exact) mass is 639 g/mol. The number of hydrogen-bond acceptors (Lipinski definition) is 15. The minimum absolute atomic E-state index is 0.0355. The van der Waals surface area contributed by atoms with Gasteiger partial charge < -0.3 is 75.1 Å². The lowest BCUT2D eigenvalue weighted by molar-refractivity contribution is -0.333. The number of aliphatic hydroxyl groups is 13. The van der Waals surface area contributed by atoms with Gasteiger partial charge in [-0.2, -0.15) is 0 Å². The predicted molar refractivity (Wildman–Crippen MR) is 143 cm³/mol. The van der Waals surface area contributed by atoms with E-state index in [4.69, 9.17) is 18.9 Å². The van der Waals surface area contributed by atoms with E-state index in [1.54, 1.807) is 0 Å². The Morgan fingerprint density at radius 1 is 0.705 bits per heavy atom. The van der Waals surface area contributed by atoms with Crippen LogP contribution in [0.25, 0.3) is 0 Å². The fraction of sp³-hybridized carbons (Fsp3) is 0.964. The van der Waals surface area contributed by atoms with Gasteiger partial charge in [-0.1, -0.05) is 0 Å². The molecule has 254 valence electrons. The summed E-state index contributed by atoms with van der Waals surface area (Å²) < 4.78 is 21.8. The first-order chi connectivity index (χ1) is 20.8. The molecule has 5 aliphatic rings. The van der Waals surface area contributed by atoms with Gasteiger partial charge in [0.25, 0.3) is 0 Å². The molecule has 16 heteroatoms. The van der Waals surface area contributed by atoms with Gasteiger partial charge in [-0.3, -0.25) is 4.79 Å². The van der Waals surface area contributed by atoms with Crippen molar-refractivity contribution in [2.75, 3.05) is 6.61 Å². The van der Waals surface area contributed by atoms with Crippen LogP contribution in [0.4, 0.5) is 0 Å². The van der Waals surface area contributed by atoms with E-state index in [9.17, 15) is 61.0 Å². The van der Waals surface area contributed by atoms with Gasteiger partial charge in [0, 0.05) is 18.8 Å². The molecular formula is C28H47O16+. The van der Waals surface area contributed by atoms with Crippen molar-refractivity contribution >= 4 is 5.97 Å². The Labute approximate surface area is 253 Å². The highest BCUT2D eigenvalue weighted by Gasteiger charge is 2.55. The van der Waals surface area contributed by atoms with Gasteiger partial charge in [0.1, 0.15) is 36.6 Å². The maximum absolute atomic E-state index is 13.0. The second kappa shape index (κ2) is 13.9. The van der Waals surface area contributed by atoms with Crippen LogP contribution in [-0.4, -0.2) is 171 Å². The Hall–Kier alpha value is -1.09. The normalized spacial score (nSPS) is 53.5. The lowest BCUT2D eigenvalue weighted by atomic mass is 9.72. The Morgan fingerprint density at radius 2 is 1.36 bits per heavy atom. The third-order valence-electron chi connectivity index (χ3n) is 10.2. The lowest BCUT2D eigenvalue weighted by Gasteiger charge is -2.47. The van der Waals surface area contributed by atoms with E-state index in [1.165, 1.54) is 0 Å². The van der Waals surface area contributed by atoms with Crippen molar-refractivity contribution in [2.24, 2.45) is 17.8 Å². The molecule has 0 bridgehead atoms. The molecule has 12 unspecified atom stereocenters. The van der Waals surface area contributed by atoms with Crippen LogP contribution in [0.5, 0.6) is 0 Å². The fourth-order valence-electron chi connectivity index (χ4n) is 7.67. The van der Waals surface area contributed by atoms with Crippen molar-refractivity contribution in [1.29, 1.82) is 0 Å². The molecule has 12 N–H and O–H groups in total. The number of esters is 1. The zero-order chi connectivity index (χ0) is 32.0. The fourth-order valence-corrected chi connectivity index (χ4v) is 7.67. The summed E-state index contributed by atoms with van der Waals surface area (Å²) in [4.78, 5) is 13.0. The van der Waals surface area contributed by atoms with Crippen LogP contribution in [0.3, 0.4) is 0 Å². The molecule has 0 aromatic heterocycles. The summed E-state index contributed by atoms with van der Waals surface area (Å²) >= 11 is 0. The summed E-state index contributed by atoms with van der Waals surface area (Å²) in [6.45, 7) is -0.747. The highest BCUT2D eigenvalue weighted by molar-refractivity contribution is 5.73. The molecule has 3 aliphatic carbocycles. The number of fused-ring (bicyclic) bond motifs is 1. The van der Waals surface area contributed by atoms with Crippen molar-refractivity contribution < 1.29 is 79.9 Å². The molecule has 0 aromatic carbocycles. The van der Waals surface area contributed by atoms with Crippen LogP contribution in [0.15, 0.2) is 0 Å². The number of ether oxygens (including phenoxy) is 4. The van der Waals surface area contributed by atoms with Crippen LogP contribution in [-0.2, 0) is 19.0 Å². The Bertz CT molecular complexity index is 960. The Morgan fingerprint density at radius 3 is 2.02 bits per heavy atom.